The van der Waals surface area contributed by atoms with E-state index in [9.17, 15) is 4.79 Å². The summed E-state index contributed by atoms with van der Waals surface area (Å²) >= 11 is 0. The van der Waals surface area contributed by atoms with Gasteiger partial charge in [-0.2, -0.15) is 0 Å². The van der Waals surface area contributed by atoms with Crippen LogP contribution in [0, 0.1) is 0 Å². The van der Waals surface area contributed by atoms with Gasteiger partial charge in [0.25, 0.3) is 0 Å². The van der Waals surface area contributed by atoms with Crippen molar-refractivity contribution in [3.8, 4) is 11.1 Å². The normalized spacial score (nSPS) is 17.6. The molecule has 0 saturated carbocycles. The van der Waals surface area contributed by atoms with Crippen LogP contribution in [0.2, 0.25) is 0 Å². The van der Waals surface area contributed by atoms with Gasteiger partial charge in [0, 0.05) is 43.9 Å². The van der Waals surface area contributed by atoms with Gasteiger partial charge in [0.1, 0.15) is 0 Å². The van der Waals surface area contributed by atoms with E-state index in [1.807, 2.05) is 6.07 Å². The van der Waals surface area contributed by atoms with Crippen molar-refractivity contribution >= 4 is 11.5 Å². The maximum atomic E-state index is 11.7. The lowest BCUT2D eigenvalue weighted by molar-refractivity contribution is 0.0994. The Bertz CT molecular complexity index is 700. The Morgan fingerprint density at radius 3 is 2.36 bits per heavy atom. The van der Waals surface area contributed by atoms with E-state index in [-0.39, 0.29) is 5.78 Å². The number of aryl methyl sites for hydroxylation is 1. The van der Waals surface area contributed by atoms with Gasteiger partial charge >= 0.3 is 0 Å². The Morgan fingerprint density at radius 1 is 0.864 bits per heavy atom. The van der Waals surface area contributed by atoms with Crippen LogP contribution in [0.15, 0.2) is 42.5 Å². The number of nitrogens with zero attached hydrogens (tertiary/aromatic N) is 1. The average Bonchev–Trinajstić information content (AvgIpc) is 2.96. The third-order valence-electron chi connectivity index (χ3n) is 4.71. The zero-order valence-corrected chi connectivity index (χ0v) is 12.6. The number of piperazine rings is 1. The highest BCUT2D eigenvalue weighted by molar-refractivity contribution is 6.00. The first-order chi connectivity index (χ1) is 10.8. The largest absolute Gasteiger partial charge is 0.369 e. The molecule has 0 unspecified atom stereocenters. The molecule has 1 aliphatic heterocycles. The molecule has 2 aromatic rings. The number of ketones is 1. The molecule has 1 fully saturated rings. The Kier molecular flexibility index (Phi) is 3.43. The van der Waals surface area contributed by atoms with Gasteiger partial charge in [0.2, 0.25) is 0 Å². The second-order valence-corrected chi connectivity index (χ2v) is 6.08. The number of fused-ring (bicyclic) bond motifs is 1. The van der Waals surface area contributed by atoms with Crippen LogP contribution in [0.25, 0.3) is 11.1 Å². The molecule has 3 nitrogen and oxygen atoms in total. The number of anilines is 1. The van der Waals surface area contributed by atoms with Gasteiger partial charge in [0.05, 0.1) is 0 Å². The van der Waals surface area contributed by atoms with Crippen LogP contribution in [0.5, 0.6) is 0 Å². The molecule has 22 heavy (non-hydrogen) atoms. The second-order valence-electron chi connectivity index (χ2n) is 6.08. The summed E-state index contributed by atoms with van der Waals surface area (Å²) in [5, 5.41) is 3.38. The molecule has 0 amide bonds. The van der Waals surface area contributed by atoms with Gasteiger partial charge in [0.15, 0.2) is 5.78 Å². The van der Waals surface area contributed by atoms with E-state index < -0.39 is 0 Å². The van der Waals surface area contributed by atoms with Gasteiger partial charge in [-0.15, -0.1) is 0 Å². The monoisotopic (exact) mass is 292 g/mol. The van der Waals surface area contributed by atoms with Crippen LogP contribution >= 0.6 is 0 Å². The lowest BCUT2D eigenvalue weighted by Gasteiger charge is -2.29. The number of hydrogen-bond acceptors (Lipinski definition) is 3. The highest BCUT2D eigenvalue weighted by Crippen LogP contribution is 2.29. The molecule has 1 saturated heterocycles. The average molecular weight is 292 g/mol. The minimum Gasteiger partial charge on any atom is -0.369 e. The summed E-state index contributed by atoms with van der Waals surface area (Å²) < 4.78 is 0. The van der Waals surface area contributed by atoms with Crippen LogP contribution in [-0.2, 0) is 6.42 Å². The molecule has 0 bridgehead atoms. The first-order valence-electron chi connectivity index (χ1n) is 8.03. The molecule has 0 aromatic heterocycles. The SMILES string of the molecule is O=C1CCc2cc(-c3ccc(N4CCNCC4)cc3)ccc21. The van der Waals surface area contributed by atoms with Crippen LogP contribution < -0.4 is 10.2 Å². The number of carbonyl (C=O) groups excluding carboxylic acids is 1. The topological polar surface area (TPSA) is 32.3 Å². The third kappa shape index (κ3) is 2.42. The lowest BCUT2D eigenvalue weighted by Crippen LogP contribution is -2.43. The fourth-order valence-electron chi connectivity index (χ4n) is 3.42. The maximum Gasteiger partial charge on any atom is 0.163 e. The van der Waals surface area contributed by atoms with Crippen LogP contribution in [-0.4, -0.2) is 32.0 Å². The number of rotatable bonds is 2. The zero-order chi connectivity index (χ0) is 14.9. The summed E-state index contributed by atoms with van der Waals surface area (Å²) in [6, 6.07) is 15.0. The third-order valence-corrected chi connectivity index (χ3v) is 4.71. The fraction of sp³-hybridized carbons (Fsp3) is 0.316. The molecule has 2 aliphatic rings. The van der Waals surface area contributed by atoms with Crippen molar-refractivity contribution in [1.82, 2.24) is 5.32 Å². The Balaban J connectivity index is 1.59. The lowest BCUT2D eigenvalue weighted by atomic mass is 10.00. The van der Waals surface area contributed by atoms with E-state index in [1.54, 1.807) is 0 Å². The first kappa shape index (κ1) is 13.5. The number of nitrogens with one attached hydrogen (secondary N) is 1. The minimum absolute atomic E-state index is 0.288. The summed E-state index contributed by atoms with van der Waals surface area (Å²) in [6.45, 7) is 4.25. The van der Waals surface area contributed by atoms with Crippen molar-refractivity contribution in [3.63, 3.8) is 0 Å². The highest BCUT2D eigenvalue weighted by atomic mass is 16.1. The molecule has 0 radical (unpaired) electrons. The van der Waals surface area contributed by atoms with Crippen molar-refractivity contribution in [2.24, 2.45) is 0 Å². The summed E-state index contributed by atoms with van der Waals surface area (Å²) in [5.41, 5.74) is 5.85. The van der Waals surface area contributed by atoms with Crippen molar-refractivity contribution in [1.29, 1.82) is 0 Å². The number of Topliss-reactive ketones (excluding diaryl/α,β-unsaturated/α-hetero) is 1. The summed E-state index contributed by atoms with van der Waals surface area (Å²) in [6.07, 6.45) is 1.56. The predicted molar refractivity (Wildman–Crippen MR) is 89.6 cm³/mol. The van der Waals surface area contributed by atoms with Crippen molar-refractivity contribution in [2.75, 3.05) is 31.1 Å². The molecule has 2 aromatic carbocycles. The van der Waals surface area contributed by atoms with Crippen molar-refractivity contribution in [2.45, 2.75) is 12.8 Å². The highest BCUT2D eigenvalue weighted by Gasteiger charge is 2.19. The van der Waals surface area contributed by atoms with Crippen molar-refractivity contribution < 1.29 is 4.79 Å². The van der Waals surface area contributed by atoms with E-state index in [0.717, 1.165) is 38.2 Å². The Morgan fingerprint density at radius 2 is 1.59 bits per heavy atom. The number of benzene rings is 2. The molecular formula is C19H20N2O. The molecule has 1 aliphatic carbocycles. The van der Waals surface area contributed by atoms with Gasteiger partial charge in [-0.3, -0.25) is 4.79 Å². The van der Waals surface area contributed by atoms with Gasteiger partial charge < -0.3 is 10.2 Å². The molecular weight excluding hydrogens is 272 g/mol. The van der Waals surface area contributed by atoms with Gasteiger partial charge in [-0.25, -0.2) is 0 Å². The van der Waals surface area contributed by atoms with Crippen LogP contribution in [0.4, 0.5) is 5.69 Å². The molecule has 0 spiro atoms. The van der Waals surface area contributed by atoms with E-state index in [1.165, 1.54) is 22.4 Å². The predicted octanol–water partition coefficient (Wildman–Crippen LogP) is 2.89. The molecule has 3 heteroatoms. The smallest absolute Gasteiger partial charge is 0.163 e. The van der Waals surface area contributed by atoms with Crippen LogP contribution in [0.1, 0.15) is 22.3 Å². The Labute approximate surface area is 131 Å². The fourth-order valence-corrected chi connectivity index (χ4v) is 3.42. The Hall–Kier alpha value is -2.13. The second kappa shape index (κ2) is 5.58. The molecule has 112 valence electrons. The first-order valence-corrected chi connectivity index (χ1v) is 8.03. The molecule has 1 heterocycles. The molecule has 0 atom stereocenters. The van der Waals surface area contributed by atoms with E-state index in [4.69, 9.17) is 0 Å². The molecule has 4 rings (SSSR count). The number of carbonyl (C=O) groups is 1. The summed E-state index contributed by atoms with van der Waals surface area (Å²) in [7, 11) is 0. The van der Waals surface area contributed by atoms with E-state index >= 15 is 0 Å². The van der Waals surface area contributed by atoms with Crippen LogP contribution in [0.3, 0.4) is 0 Å². The minimum atomic E-state index is 0.288. The summed E-state index contributed by atoms with van der Waals surface area (Å²) in [4.78, 5) is 14.1. The molecule has 1 N–H and O–H groups in total. The maximum absolute atomic E-state index is 11.7. The van der Waals surface area contributed by atoms with E-state index in [2.05, 4.69) is 46.6 Å². The zero-order valence-electron chi connectivity index (χ0n) is 12.6. The quantitative estimate of drug-likeness (QED) is 0.923. The standard InChI is InChI=1S/C19H20N2O/c22-19-8-4-16-13-15(3-7-18(16)19)14-1-5-17(6-2-14)21-11-9-20-10-12-21/h1-3,5-7,13,20H,4,8-12H2. The van der Waals surface area contributed by atoms with Gasteiger partial charge in [-0.05, 0) is 35.2 Å². The van der Waals surface area contributed by atoms with E-state index in [0.29, 0.717) is 6.42 Å². The summed E-state index contributed by atoms with van der Waals surface area (Å²) in [5.74, 6) is 0.288. The number of hydrogen-bond donors (Lipinski definition) is 1. The van der Waals surface area contributed by atoms with Gasteiger partial charge in [-0.1, -0.05) is 30.3 Å². The van der Waals surface area contributed by atoms with Crippen molar-refractivity contribution in [3.05, 3.63) is 53.6 Å².